The van der Waals surface area contributed by atoms with Gasteiger partial charge in [0.25, 0.3) is 0 Å². The molecule has 0 aliphatic carbocycles. The molecule has 3 aromatic carbocycles. The van der Waals surface area contributed by atoms with Gasteiger partial charge in [-0.1, -0.05) is 24.3 Å². The van der Waals surface area contributed by atoms with E-state index < -0.39 is 9.84 Å². The summed E-state index contributed by atoms with van der Waals surface area (Å²) in [5, 5.41) is 9.89. The number of nitrogens with zero attached hydrogens (tertiary/aromatic N) is 1. The van der Waals surface area contributed by atoms with E-state index in [2.05, 4.69) is 39.2 Å². The second-order valence-corrected chi connectivity index (χ2v) is 11.9. The molecule has 40 heavy (non-hydrogen) atoms. The van der Waals surface area contributed by atoms with E-state index in [1.54, 1.807) is 6.07 Å². The average molecular weight is 559 g/mol. The van der Waals surface area contributed by atoms with Crippen LogP contribution >= 0.6 is 0 Å². The van der Waals surface area contributed by atoms with Crippen molar-refractivity contribution >= 4 is 21.2 Å². The van der Waals surface area contributed by atoms with Crippen LogP contribution in [-0.4, -0.2) is 27.0 Å². The summed E-state index contributed by atoms with van der Waals surface area (Å²) >= 11 is 0. The normalized spacial score (nSPS) is 14.4. The molecule has 0 saturated heterocycles. The monoisotopic (exact) mass is 558 g/mol. The smallest absolute Gasteiger partial charge is 0.148 e. The van der Waals surface area contributed by atoms with Gasteiger partial charge in [-0.15, -0.1) is 0 Å². The highest BCUT2D eigenvalue weighted by Crippen LogP contribution is 2.31. The summed E-state index contributed by atoms with van der Waals surface area (Å²) in [7, 11) is -2.99. The van der Waals surface area contributed by atoms with E-state index >= 15 is 0 Å². The average Bonchev–Trinajstić information content (AvgIpc) is 2.95. The molecule has 0 radical (unpaired) electrons. The largest absolute Gasteiger partial charge is 0.489 e. The molecule has 2 heterocycles. The van der Waals surface area contributed by atoms with E-state index in [1.165, 1.54) is 18.4 Å². The number of halogens is 1. The Hall–Kier alpha value is -4.34. The number of benzene rings is 3. The zero-order valence-electron chi connectivity index (χ0n) is 22.1. The predicted molar refractivity (Wildman–Crippen MR) is 158 cm³/mol. The quantitative estimate of drug-likeness (QED) is 0.279. The lowest BCUT2D eigenvalue weighted by Gasteiger charge is -2.27. The highest BCUT2D eigenvalue weighted by molar-refractivity contribution is 7.90. The van der Waals surface area contributed by atoms with Gasteiger partial charge in [0.2, 0.25) is 0 Å². The summed E-state index contributed by atoms with van der Waals surface area (Å²) in [5.41, 5.74) is 6.74. The Morgan fingerprint density at radius 2 is 1.77 bits per heavy atom. The fourth-order valence-corrected chi connectivity index (χ4v) is 4.83. The van der Waals surface area contributed by atoms with Crippen LogP contribution in [0.25, 0.3) is 0 Å². The molecule has 0 spiro atoms. The molecule has 206 valence electrons. The molecule has 2 aliphatic rings. The molecule has 0 atom stereocenters. The molecule has 5 rings (SSSR count). The second kappa shape index (κ2) is 12.2. The zero-order chi connectivity index (χ0) is 28.0. The fourth-order valence-electron chi connectivity index (χ4n) is 4.32. The molecule has 3 N–H and O–H groups in total. The second-order valence-electron chi connectivity index (χ2n) is 9.63. The Labute approximate surface area is 234 Å². The summed E-state index contributed by atoms with van der Waals surface area (Å²) < 4.78 is 41.9. The first kappa shape index (κ1) is 27.2. The van der Waals surface area contributed by atoms with Gasteiger partial charge in [-0.25, -0.2) is 12.8 Å². The topological polar surface area (TPSA) is 82.7 Å². The third-order valence-electron chi connectivity index (χ3n) is 6.37. The van der Waals surface area contributed by atoms with Gasteiger partial charge in [0, 0.05) is 66.7 Å². The maximum absolute atomic E-state index is 13.4. The maximum Gasteiger partial charge on any atom is 0.148 e. The lowest BCUT2D eigenvalue weighted by Crippen LogP contribution is -2.22. The van der Waals surface area contributed by atoms with Gasteiger partial charge >= 0.3 is 0 Å². The van der Waals surface area contributed by atoms with Gasteiger partial charge in [-0.05, 0) is 65.7 Å². The highest BCUT2D eigenvalue weighted by Gasteiger charge is 2.18. The van der Waals surface area contributed by atoms with Crippen LogP contribution < -0.4 is 25.6 Å². The predicted octanol–water partition coefficient (Wildman–Crippen LogP) is 5.20. The van der Waals surface area contributed by atoms with Gasteiger partial charge in [0.1, 0.15) is 28.0 Å². The summed E-state index contributed by atoms with van der Waals surface area (Å²) in [5.74, 6) is 0.534. The molecule has 0 unspecified atom stereocenters. The van der Waals surface area contributed by atoms with Crippen LogP contribution in [0, 0.1) is 5.82 Å². The number of nitrogens with one attached hydrogen (secondary N) is 3. The van der Waals surface area contributed by atoms with Crippen molar-refractivity contribution in [3.8, 4) is 5.75 Å². The number of rotatable bonds is 11. The van der Waals surface area contributed by atoms with Gasteiger partial charge in [-0.3, -0.25) is 0 Å². The zero-order valence-corrected chi connectivity index (χ0v) is 22.9. The number of sulfone groups is 1. The highest BCUT2D eigenvalue weighted by atomic mass is 32.2. The van der Waals surface area contributed by atoms with Gasteiger partial charge < -0.3 is 25.6 Å². The first-order chi connectivity index (χ1) is 19.3. The molecule has 3 aromatic rings. The molecule has 2 aliphatic heterocycles. The van der Waals surface area contributed by atoms with Crippen LogP contribution in [0.4, 0.5) is 15.8 Å². The lowest BCUT2D eigenvalue weighted by atomic mass is 10.00. The van der Waals surface area contributed by atoms with Crippen molar-refractivity contribution in [1.29, 1.82) is 0 Å². The third-order valence-corrected chi connectivity index (χ3v) is 7.31. The Kier molecular flexibility index (Phi) is 8.33. The van der Waals surface area contributed by atoms with E-state index in [0.717, 1.165) is 39.3 Å². The minimum atomic E-state index is -2.99. The molecule has 9 heteroatoms. The molecule has 7 nitrogen and oxygen atoms in total. The lowest BCUT2D eigenvalue weighted by molar-refractivity contribution is 0.305. The molecular weight excluding hydrogens is 527 g/mol. The molecular formula is C31H31FN4O3S. The van der Waals surface area contributed by atoms with Crippen LogP contribution in [0.1, 0.15) is 11.1 Å². The van der Waals surface area contributed by atoms with E-state index in [1.807, 2.05) is 67.1 Å². The van der Waals surface area contributed by atoms with Crippen LogP contribution in [0.5, 0.6) is 5.75 Å². The van der Waals surface area contributed by atoms with Crippen molar-refractivity contribution in [2.45, 2.75) is 13.2 Å². The molecule has 0 fully saturated rings. The maximum atomic E-state index is 13.4. The van der Waals surface area contributed by atoms with Gasteiger partial charge in [0.15, 0.2) is 0 Å². The van der Waals surface area contributed by atoms with E-state index in [-0.39, 0.29) is 11.6 Å². The Morgan fingerprint density at radius 1 is 0.975 bits per heavy atom. The molecule has 0 bridgehead atoms. The van der Waals surface area contributed by atoms with E-state index in [9.17, 15) is 12.8 Å². The summed E-state index contributed by atoms with van der Waals surface area (Å²) in [4.78, 5) is 2.07. The number of dihydropyridines is 1. The number of anilines is 2. The number of ether oxygens (including phenoxy) is 1. The minimum Gasteiger partial charge on any atom is -0.489 e. The number of hydrogen-bond donors (Lipinski definition) is 3. The number of allylic oxidation sites excluding steroid dienone is 2. The fraction of sp³-hybridized carbons (Fsp3) is 0.161. The molecule has 0 aromatic heterocycles. The number of fused-ring (bicyclic) bond motifs is 1. The Morgan fingerprint density at radius 3 is 2.58 bits per heavy atom. The number of hydrogen-bond acceptors (Lipinski definition) is 7. The summed E-state index contributed by atoms with van der Waals surface area (Å²) in [6.07, 6.45) is 11.3. The van der Waals surface area contributed by atoms with E-state index in [0.29, 0.717) is 25.4 Å². The first-order valence-corrected chi connectivity index (χ1v) is 15.0. The molecule has 0 amide bonds. The van der Waals surface area contributed by atoms with Crippen molar-refractivity contribution in [3.63, 3.8) is 0 Å². The molecule has 0 saturated carbocycles. The van der Waals surface area contributed by atoms with Gasteiger partial charge in [0.05, 0.1) is 11.4 Å². The standard InChI is InChI=1S/C31H31FN4O3S/c1-40(37,38)15-13-33-18-23-4-3-7-28(17-23)36-14-12-25-19-34-20-31(30(25)21-36)35-27-8-10-29(11-9-27)39-22-24-5-2-6-26(32)16-24/h2-12,14,16-17,19-21,33-35H,13,15,18,22H2,1H3. The third kappa shape index (κ3) is 7.40. The summed E-state index contributed by atoms with van der Waals surface area (Å²) in [6, 6.07) is 22.2. The van der Waals surface area contributed by atoms with Crippen LogP contribution in [0.2, 0.25) is 0 Å². The van der Waals surface area contributed by atoms with Crippen molar-refractivity contribution in [1.82, 2.24) is 10.6 Å². The Bertz CT molecular complexity index is 1590. The van der Waals surface area contributed by atoms with Gasteiger partial charge in [-0.2, -0.15) is 0 Å². The van der Waals surface area contributed by atoms with Crippen molar-refractivity contribution in [2.75, 3.05) is 28.8 Å². The first-order valence-electron chi connectivity index (χ1n) is 12.9. The Balaban J connectivity index is 1.23. The van der Waals surface area contributed by atoms with E-state index in [4.69, 9.17) is 4.74 Å². The van der Waals surface area contributed by atoms with Crippen LogP contribution in [-0.2, 0) is 23.0 Å². The summed E-state index contributed by atoms with van der Waals surface area (Å²) in [6.45, 7) is 1.29. The van der Waals surface area contributed by atoms with Crippen molar-refractivity contribution in [2.24, 2.45) is 0 Å². The SMILES string of the molecule is CS(=O)(=O)CCNCc1cccc(N2C=CC3=CNC=C(Nc4ccc(OCc5cccc(F)c5)cc4)C3=C2)c1. The van der Waals surface area contributed by atoms with Crippen molar-refractivity contribution < 1.29 is 17.5 Å². The van der Waals surface area contributed by atoms with Crippen molar-refractivity contribution in [3.05, 3.63) is 137 Å². The minimum absolute atomic E-state index is 0.115. The van der Waals surface area contributed by atoms with Crippen LogP contribution in [0.15, 0.2) is 121 Å². The van der Waals surface area contributed by atoms with Crippen LogP contribution in [0.3, 0.4) is 0 Å².